The second kappa shape index (κ2) is 35.6. The number of phosphoric acid groups is 2. The second-order valence-corrected chi connectivity index (χ2v) is 21.6. The molecule has 2 aliphatic heterocycles. The fraction of sp³-hybridized carbons (Fsp3) is 0.686. The molecule has 4 unspecified atom stereocenters. The number of anilines is 1. The van der Waals surface area contributed by atoms with Gasteiger partial charge < -0.3 is 44.7 Å². The number of rotatable bonds is 40. The molecular formula is C51H83N3O16P2. The van der Waals surface area contributed by atoms with Gasteiger partial charge in [0.15, 0.2) is 12.3 Å². The number of hydrogen-bond acceptors (Lipinski definition) is 16. The monoisotopic (exact) mass is 1060 g/mol. The minimum absolute atomic E-state index is 0.00283. The number of nitrogens with zero attached hydrogens (tertiary/aromatic N) is 2. The molecule has 0 aliphatic carbocycles. The van der Waals surface area contributed by atoms with E-state index in [1.54, 1.807) is 0 Å². The number of allylic oxidation sites excluding steroid dienone is 8. The van der Waals surface area contributed by atoms with Gasteiger partial charge in [0.25, 0.3) is 0 Å². The summed E-state index contributed by atoms with van der Waals surface area (Å²) in [6.45, 7) is 4.25. The van der Waals surface area contributed by atoms with Crippen LogP contribution in [0.2, 0.25) is 0 Å². The van der Waals surface area contributed by atoms with Crippen molar-refractivity contribution in [3.63, 3.8) is 0 Å². The lowest BCUT2D eigenvalue weighted by Crippen LogP contribution is -2.36. The van der Waals surface area contributed by atoms with E-state index in [9.17, 15) is 43.5 Å². The highest BCUT2D eigenvalue weighted by molar-refractivity contribution is 7.61. The molecule has 0 aromatic carbocycles. The summed E-state index contributed by atoms with van der Waals surface area (Å²) in [6.07, 6.45) is 33.7. The third kappa shape index (κ3) is 28.2. The van der Waals surface area contributed by atoms with E-state index in [2.05, 4.69) is 72.6 Å². The molecule has 1 aromatic heterocycles. The Labute approximate surface area is 426 Å². The van der Waals surface area contributed by atoms with Gasteiger partial charge in [0, 0.05) is 19.0 Å². The Bertz CT molecular complexity index is 2030. The molecule has 1 aromatic rings. The topological polar surface area (TPSA) is 278 Å². The molecule has 2 saturated heterocycles. The number of unbranched alkanes of at least 4 members (excludes halogenated alkanes) is 10. The minimum Gasteiger partial charge on any atom is -0.462 e. The van der Waals surface area contributed by atoms with Crippen LogP contribution in [0.1, 0.15) is 162 Å². The summed E-state index contributed by atoms with van der Waals surface area (Å²) >= 11 is 0. The van der Waals surface area contributed by atoms with E-state index in [0.29, 0.717) is 31.5 Å². The first-order valence-electron chi connectivity index (χ1n) is 25.8. The quantitative estimate of drug-likeness (QED) is 0.0134. The molecule has 3 heterocycles. The summed E-state index contributed by atoms with van der Waals surface area (Å²) in [5.74, 6) is -0.648. The van der Waals surface area contributed by atoms with Gasteiger partial charge in [-0.25, -0.2) is 13.9 Å². The van der Waals surface area contributed by atoms with Crippen LogP contribution in [0.3, 0.4) is 0 Å². The van der Waals surface area contributed by atoms with Crippen molar-refractivity contribution in [2.45, 2.75) is 198 Å². The largest absolute Gasteiger partial charge is 0.481 e. The van der Waals surface area contributed by atoms with Gasteiger partial charge in [-0.15, -0.1) is 0 Å². The average Bonchev–Trinajstić information content (AvgIpc) is 4.01. The number of aliphatic hydroxyl groups is 2. The molecule has 0 radical (unpaired) electrons. The van der Waals surface area contributed by atoms with Crippen LogP contribution in [0.4, 0.5) is 5.82 Å². The third-order valence-corrected chi connectivity index (χ3v) is 14.3. The summed E-state index contributed by atoms with van der Waals surface area (Å²) in [7, 11) is -10.9. The molecule has 408 valence electrons. The number of aliphatic hydroxyl groups excluding tert-OH is 2. The molecule has 9 atom stereocenters. The van der Waals surface area contributed by atoms with Crippen LogP contribution in [-0.2, 0) is 51.0 Å². The van der Waals surface area contributed by atoms with E-state index in [1.807, 2.05) is 18.2 Å². The highest BCUT2D eigenvalue weighted by Gasteiger charge is 2.46. The molecule has 2 aliphatic rings. The van der Waals surface area contributed by atoms with Gasteiger partial charge in [-0.1, -0.05) is 152 Å². The fourth-order valence-electron chi connectivity index (χ4n) is 7.62. The number of ether oxygens (including phenoxy) is 4. The Morgan fingerprint density at radius 2 is 1.28 bits per heavy atom. The van der Waals surface area contributed by atoms with Crippen molar-refractivity contribution >= 4 is 33.4 Å². The predicted octanol–water partition coefficient (Wildman–Crippen LogP) is 9.57. The highest BCUT2D eigenvalue weighted by Crippen LogP contribution is 2.60. The van der Waals surface area contributed by atoms with Crippen LogP contribution in [0.25, 0.3) is 0 Å². The number of phosphoric ester groups is 2. The van der Waals surface area contributed by atoms with Gasteiger partial charge in [-0.3, -0.25) is 23.2 Å². The van der Waals surface area contributed by atoms with Crippen LogP contribution in [0.5, 0.6) is 0 Å². The maximum absolute atomic E-state index is 12.9. The molecule has 21 heteroatoms. The standard InChI is InChI=1S/C51H83N3O16P2/c1-4-5-25-31-42-43(68-42)32-27-22-18-14-10-6-7-11-15-19-23-28-33-46(55)64-37-41(67-47(56)34-29-24-20-16-12-8-9-13-17-21-26-30-40(2)3)38-65-71(60,61)70-72(62,63)66-39-44-48(57)49(58)50(69-44)54-36-35-45(52)53-51(54)59/h5,7,10-11,14,19,22-23,25,27,35-36,40-44,48-50,57-58H,4,6,8-9,12-13,15-18,20-21,24,26,28-34,37-39H2,1-3H3,(H,60,61)(H,62,63)(H2,52,53,59)/b11-7-,14-10-,23-19-,25-5-,27-22-/t41-,42?,43?,44-,48-,49-,50-/m1/s1. The van der Waals surface area contributed by atoms with E-state index < -0.39 is 83.7 Å². The summed E-state index contributed by atoms with van der Waals surface area (Å²) in [4.78, 5) is 61.9. The first kappa shape index (κ1) is 62.7. The van der Waals surface area contributed by atoms with Gasteiger partial charge in [-0.2, -0.15) is 9.29 Å². The van der Waals surface area contributed by atoms with E-state index in [-0.39, 0.29) is 18.7 Å². The Morgan fingerprint density at radius 1 is 0.722 bits per heavy atom. The van der Waals surface area contributed by atoms with Crippen molar-refractivity contribution in [2.24, 2.45) is 5.92 Å². The molecule has 0 spiro atoms. The highest BCUT2D eigenvalue weighted by atomic mass is 31.3. The van der Waals surface area contributed by atoms with Crippen molar-refractivity contribution in [2.75, 3.05) is 25.6 Å². The summed E-state index contributed by atoms with van der Waals surface area (Å²) in [6, 6.07) is 1.24. The Kier molecular flexibility index (Phi) is 31.0. The third-order valence-electron chi connectivity index (χ3n) is 11.7. The second-order valence-electron chi connectivity index (χ2n) is 18.5. The van der Waals surface area contributed by atoms with Crippen molar-refractivity contribution in [1.82, 2.24) is 9.55 Å². The number of nitrogens with two attached hydrogens (primary N) is 1. The molecule has 0 amide bonds. The number of epoxide rings is 1. The van der Waals surface area contributed by atoms with Crippen LogP contribution < -0.4 is 11.4 Å². The zero-order chi connectivity index (χ0) is 52.6. The van der Waals surface area contributed by atoms with E-state index in [0.717, 1.165) is 74.5 Å². The fourth-order valence-corrected chi connectivity index (χ4v) is 9.73. The van der Waals surface area contributed by atoms with Crippen LogP contribution in [0.15, 0.2) is 77.8 Å². The average molecular weight is 1060 g/mol. The molecule has 0 saturated carbocycles. The van der Waals surface area contributed by atoms with Crippen molar-refractivity contribution in [3.8, 4) is 0 Å². The van der Waals surface area contributed by atoms with Gasteiger partial charge >= 0.3 is 33.3 Å². The van der Waals surface area contributed by atoms with Gasteiger partial charge in [0.05, 0.1) is 25.4 Å². The molecule has 0 bridgehead atoms. The first-order valence-corrected chi connectivity index (χ1v) is 28.8. The molecule has 6 N–H and O–H groups in total. The lowest BCUT2D eigenvalue weighted by Gasteiger charge is -2.21. The van der Waals surface area contributed by atoms with Gasteiger partial charge in [0.1, 0.15) is 30.7 Å². The van der Waals surface area contributed by atoms with E-state index in [1.165, 1.54) is 51.0 Å². The molecular weight excluding hydrogens is 973 g/mol. The molecule has 19 nitrogen and oxygen atoms in total. The smallest absolute Gasteiger partial charge is 0.462 e. The van der Waals surface area contributed by atoms with Crippen LogP contribution >= 0.6 is 15.6 Å². The molecule has 3 rings (SSSR count). The van der Waals surface area contributed by atoms with Crippen LogP contribution in [0, 0.1) is 5.92 Å². The maximum Gasteiger partial charge on any atom is 0.481 e. The van der Waals surface area contributed by atoms with E-state index in [4.69, 9.17) is 33.7 Å². The Balaban J connectivity index is 1.40. The zero-order valence-corrected chi connectivity index (χ0v) is 44.4. The number of carbonyl (C=O) groups is 2. The number of aromatic nitrogens is 2. The van der Waals surface area contributed by atoms with E-state index >= 15 is 0 Å². The molecule has 72 heavy (non-hydrogen) atoms. The van der Waals surface area contributed by atoms with Crippen LogP contribution in [-0.4, -0.2) is 97.9 Å². The lowest BCUT2D eigenvalue weighted by molar-refractivity contribution is -0.161. The first-order chi connectivity index (χ1) is 34.5. The zero-order valence-electron chi connectivity index (χ0n) is 42.6. The van der Waals surface area contributed by atoms with Gasteiger partial charge in [0.2, 0.25) is 0 Å². The number of carbonyl (C=O) groups excluding carboxylic acids is 2. The SMILES string of the molecule is CC/C=C\CC1OC1C/C=C\C/C=C\C/C=C\C/C=C\CCC(=O)OC[C@H](COP(=O)(O)OP(=O)(O)OC[C@H]1O[C@@H](n2ccc(N)nc2=O)[C@H](O)[C@@H]1O)OC(=O)CCCCCCCCCCCCCC(C)C. The summed E-state index contributed by atoms with van der Waals surface area (Å²) in [5, 5.41) is 20.9. The normalized spacial score (nSPS) is 22.4. The predicted molar refractivity (Wildman–Crippen MR) is 274 cm³/mol. The van der Waals surface area contributed by atoms with Crippen molar-refractivity contribution < 1.29 is 71.0 Å². The summed E-state index contributed by atoms with van der Waals surface area (Å²) in [5.41, 5.74) is 4.58. The van der Waals surface area contributed by atoms with Gasteiger partial charge in [-0.05, 0) is 63.4 Å². The number of esters is 2. The lowest BCUT2D eigenvalue weighted by atomic mass is 10.0. The van der Waals surface area contributed by atoms with Crippen molar-refractivity contribution in [3.05, 3.63) is 83.5 Å². The minimum atomic E-state index is -5.44. The summed E-state index contributed by atoms with van der Waals surface area (Å²) < 4.78 is 62.4. The maximum atomic E-state index is 12.9. The number of nitrogen functional groups attached to an aromatic ring is 1. The Hall–Kier alpha value is -3.58. The van der Waals surface area contributed by atoms with Crippen molar-refractivity contribution in [1.29, 1.82) is 0 Å². The molecule has 2 fully saturated rings. The Morgan fingerprint density at radius 3 is 1.88 bits per heavy atom. The number of hydrogen-bond donors (Lipinski definition) is 5.